The average Bonchev–Trinajstić information content (AvgIpc) is 2.77. The summed E-state index contributed by atoms with van der Waals surface area (Å²) in [6.45, 7) is 7.18. The number of aliphatic hydroxyl groups is 1. The highest BCUT2D eigenvalue weighted by Gasteiger charge is 2.32. The molecule has 0 aromatic heterocycles. The van der Waals surface area contributed by atoms with Gasteiger partial charge < -0.3 is 19.5 Å². The number of carbonyl (C=O) groups excluding carboxylic acids is 1. The highest BCUT2D eigenvalue weighted by molar-refractivity contribution is 7.92. The summed E-state index contributed by atoms with van der Waals surface area (Å²) >= 11 is 6.41. The number of hydrogen-bond acceptors (Lipinski definition) is 6. The van der Waals surface area contributed by atoms with Gasteiger partial charge in [-0.3, -0.25) is 9.10 Å². The Labute approximate surface area is 200 Å². The summed E-state index contributed by atoms with van der Waals surface area (Å²) in [6, 6.07) is 8.78. The van der Waals surface area contributed by atoms with Crippen LogP contribution in [0.4, 0.5) is 5.69 Å². The SMILES string of the molecule is CCN(CC)C(=O)CN(c1cc(C(C)(C)O)ccc1Cl)S(=O)(=O)c1ccc(OC)c(OC)c1. The molecule has 2 aromatic rings. The van der Waals surface area contributed by atoms with Gasteiger partial charge >= 0.3 is 0 Å². The van der Waals surface area contributed by atoms with Gasteiger partial charge in [0, 0.05) is 19.2 Å². The van der Waals surface area contributed by atoms with Crippen LogP contribution in [0.3, 0.4) is 0 Å². The van der Waals surface area contributed by atoms with Crippen molar-refractivity contribution < 1.29 is 27.8 Å². The summed E-state index contributed by atoms with van der Waals surface area (Å²) in [5.74, 6) is 0.211. The molecule has 0 fully saturated rings. The van der Waals surface area contributed by atoms with Gasteiger partial charge in [-0.2, -0.15) is 0 Å². The van der Waals surface area contributed by atoms with Crippen LogP contribution in [0.15, 0.2) is 41.3 Å². The van der Waals surface area contributed by atoms with Gasteiger partial charge in [-0.15, -0.1) is 0 Å². The molecule has 1 amide bonds. The summed E-state index contributed by atoms with van der Waals surface area (Å²) in [4.78, 5) is 14.4. The van der Waals surface area contributed by atoms with E-state index in [1.165, 1.54) is 49.5 Å². The molecule has 0 radical (unpaired) electrons. The summed E-state index contributed by atoms with van der Waals surface area (Å²) in [7, 11) is -1.41. The predicted molar refractivity (Wildman–Crippen MR) is 129 cm³/mol. The van der Waals surface area contributed by atoms with Crippen molar-refractivity contribution in [2.24, 2.45) is 0 Å². The summed E-state index contributed by atoms with van der Waals surface area (Å²) in [5.41, 5.74) is -0.711. The Morgan fingerprint density at radius 2 is 1.64 bits per heavy atom. The van der Waals surface area contributed by atoms with Crippen molar-refractivity contribution in [3.8, 4) is 11.5 Å². The van der Waals surface area contributed by atoms with Crippen molar-refractivity contribution in [3.63, 3.8) is 0 Å². The first-order chi connectivity index (χ1) is 15.4. The Kier molecular flexibility index (Phi) is 8.62. The van der Waals surface area contributed by atoms with Crippen LogP contribution in [0, 0.1) is 0 Å². The van der Waals surface area contributed by atoms with Gasteiger partial charge in [0.05, 0.1) is 35.4 Å². The van der Waals surface area contributed by atoms with Crippen LogP contribution in [0.2, 0.25) is 5.02 Å². The lowest BCUT2D eigenvalue weighted by Crippen LogP contribution is -2.43. The third-order valence-corrected chi connectivity index (χ3v) is 7.33. The molecule has 0 heterocycles. The Bertz CT molecular complexity index is 1090. The van der Waals surface area contributed by atoms with Gasteiger partial charge in [-0.1, -0.05) is 17.7 Å². The summed E-state index contributed by atoms with van der Waals surface area (Å²) in [5, 5.41) is 10.6. The molecule has 1 N–H and O–H groups in total. The monoisotopic (exact) mass is 498 g/mol. The number of benzene rings is 2. The first-order valence-corrected chi connectivity index (χ1v) is 12.3. The summed E-state index contributed by atoms with van der Waals surface area (Å²) in [6.07, 6.45) is 0. The molecule has 10 heteroatoms. The maximum atomic E-state index is 13.8. The van der Waals surface area contributed by atoms with Crippen molar-refractivity contribution in [2.75, 3.05) is 38.2 Å². The molecule has 0 unspecified atom stereocenters. The normalized spacial score (nSPS) is 11.8. The number of likely N-dealkylation sites (N-methyl/N-ethyl adjacent to an activating group) is 1. The number of nitrogens with zero attached hydrogens (tertiary/aromatic N) is 2. The van der Waals surface area contributed by atoms with Gasteiger partial charge in [0.15, 0.2) is 11.5 Å². The molecule has 2 rings (SSSR count). The van der Waals surface area contributed by atoms with Crippen molar-refractivity contribution in [3.05, 3.63) is 47.0 Å². The minimum atomic E-state index is -4.26. The van der Waals surface area contributed by atoms with E-state index in [1.54, 1.807) is 19.9 Å². The number of ether oxygens (including phenoxy) is 2. The van der Waals surface area contributed by atoms with E-state index in [1.807, 2.05) is 13.8 Å². The molecule has 2 aromatic carbocycles. The Morgan fingerprint density at radius 3 is 2.15 bits per heavy atom. The van der Waals surface area contributed by atoms with Crippen LogP contribution in [0.5, 0.6) is 11.5 Å². The molecule has 0 atom stereocenters. The average molecular weight is 499 g/mol. The number of hydrogen-bond donors (Lipinski definition) is 1. The second-order valence-electron chi connectivity index (χ2n) is 7.82. The molecule has 0 bridgehead atoms. The third-order valence-electron chi connectivity index (χ3n) is 5.26. The predicted octanol–water partition coefficient (Wildman–Crippen LogP) is 3.65. The molecular weight excluding hydrogens is 468 g/mol. The highest BCUT2D eigenvalue weighted by Crippen LogP contribution is 2.36. The van der Waals surface area contributed by atoms with Crippen molar-refractivity contribution in [1.29, 1.82) is 0 Å². The minimum absolute atomic E-state index is 0.0894. The minimum Gasteiger partial charge on any atom is -0.493 e. The molecule has 8 nitrogen and oxygen atoms in total. The number of anilines is 1. The van der Waals surface area contributed by atoms with Crippen LogP contribution < -0.4 is 13.8 Å². The topological polar surface area (TPSA) is 96.4 Å². The Morgan fingerprint density at radius 1 is 1.03 bits per heavy atom. The van der Waals surface area contributed by atoms with E-state index in [2.05, 4.69) is 0 Å². The summed E-state index contributed by atoms with van der Waals surface area (Å²) < 4.78 is 39.0. The zero-order valence-electron chi connectivity index (χ0n) is 19.8. The second kappa shape index (κ2) is 10.6. The quantitative estimate of drug-likeness (QED) is 0.537. The second-order valence-corrected chi connectivity index (χ2v) is 10.1. The Balaban J connectivity index is 2.71. The molecule has 0 saturated carbocycles. The van der Waals surface area contributed by atoms with Crippen LogP contribution in [-0.4, -0.2) is 58.2 Å². The van der Waals surface area contributed by atoms with E-state index in [-0.39, 0.29) is 27.3 Å². The third kappa shape index (κ3) is 5.90. The number of rotatable bonds is 10. The molecular formula is C23H31ClN2O6S. The number of halogens is 1. The van der Waals surface area contributed by atoms with Crippen molar-refractivity contribution in [2.45, 2.75) is 38.2 Å². The molecule has 0 spiro atoms. The lowest BCUT2D eigenvalue weighted by molar-refractivity contribution is -0.129. The van der Waals surface area contributed by atoms with Crippen LogP contribution in [0.1, 0.15) is 33.3 Å². The van der Waals surface area contributed by atoms with Crippen molar-refractivity contribution in [1.82, 2.24) is 4.90 Å². The maximum absolute atomic E-state index is 13.8. The zero-order chi connectivity index (χ0) is 25.0. The number of sulfonamides is 1. The zero-order valence-corrected chi connectivity index (χ0v) is 21.3. The van der Waals surface area contributed by atoms with E-state index < -0.39 is 22.2 Å². The number of methoxy groups -OCH3 is 2. The lowest BCUT2D eigenvalue weighted by atomic mass is 9.98. The van der Waals surface area contributed by atoms with Crippen LogP contribution >= 0.6 is 11.6 Å². The van der Waals surface area contributed by atoms with E-state index in [4.69, 9.17) is 21.1 Å². The molecule has 0 saturated heterocycles. The van der Waals surface area contributed by atoms with E-state index in [0.29, 0.717) is 24.4 Å². The van der Waals surface area contributed by atoms with Crippen LogP contribution in [0.25, 0.3) is 0 Å². The van der Waals surface area contributed by atoms with Crippen molar-refractivity contribution >= 4 is 33.2 Å². The molecule has 0 aliphatic rings. The van der Waals surface area contributed by atoms with Gasteiger partial charge in [0.25, 0.3) is 10.0 Å². The first kappa shape index (κ1) is 26.8. The van der Waals surface area contributed by atoms with E-state index in [9.17, 15) is 18.3 Å². The van der Waals surface area contributed by atoms with Gasteiger partial charge in [0.1, 0.15) is 6.54 Å². The molecule has 33 heavy (non-hydrogen) atoms. The van der Waals surface area contributed by atoms with Gasteiger partial charge in [-0.25, -0.2) is 8.42 Å². The molecule has 0 aliphatic heterocycles. The fourth-order valence-corrected chi connectivity index (χ4v) is 5.00. The smallest absolute Gasteiger partial charge is 0.264 e. The van der Waals surface area contributed by atoms with Gasteiger partial charge in [0.2, 0.25) is 5.91 Å². The van der Waals surface area contributed by atoms with Gasteiger partial charge in [-0.05, 0) is 57.5 Å². The highest BCUT2D eigenvalue weighted by atomic mass is 35.5. The lowest BCUT2D eigenvalue weighted by Gasteiger charge is -2.29. The van der Waals surface area contributed by atoms with Crippen LogP contribution in [-0.2, 0) is 20.4 Å². The largest absolute Gasteiger partial charge is 0.493 e. The first-order valence-electron chi connectivity index (χ1n) is 10.5. The Hall–Kier alpha value is -2.49. The van der Waals surface area contributed by atoms with E-state index >= 15 is 0 Å². The maximum Gasteiger partial charge on any atom is 0.264 e. The fraction of sp³-hybridized carbons (Fsp3) is 0.435. The number of amides is 1. The fourth-order valence-electron chi connectivity index (χ4n) is 3.29. The number of carbonyl (C=O) groups is 1. The van der Waals surface area contributed by atoms with E-state index in [0.717, 1.165) is 4.31 Å². The molecule has 182 valence electrons. The molecule has 0 aliphatic carbocycles. The standard InChI is InChI=1S/C23H31ClN2O6S/c1-7-25(8-2)22(27)15-26(19-13-16(23(3,4)28)9-11-18(19)24)33(29,30)17-10-12-20(31-5)21(14-17)32-6/h9-14,28H,7-8,15H2,1-6H3.